The number of amides is 2. The molecule has 2 rings (SSSR count). The molecule has 0 aliphatic carbocycles. The zero-order valence-corrected chi connectivity index (χ0v) is 16.6. The summed E-state index contributed by atoms with van der Waals surface area (Å²) in [6.07, 6.45) is 0. The smallest absolute Gasteiger partial charge is 0.242 e. The minimum Gasteiger partial charge on any atom is -0.494 e. The monoisotopic (exact) mass is 376 g/mol. The first-order valence-corrected chi connectivity index (χ1v) is 9.65. The van der Waals surface area contributed by atoms with Gasteiger partial charge in [0, 0.05) is 32.7 Å². The van der Waals surface area contributed by atoms with Crippen LogP contribution in [0.1, 0.15) is 26.3 Å². The maximum Gasteiger partial charge on any atom is 0.242 e. The van der Waals surface area contributed by atoms with Crippen LogP contribution in [-0.2, 0) is 16.1 Å². The van der Waals surface area contributed by atoms with Crippen molar-refractivity contribution in [2.24, 2.45) is 11.7 Å². The number of benzene rings is 1. The van der Waals surface area contributed by atoms with Gasteiger partial charge >= 0.3 is 0 Å². The second-order valence-electron chi connectivity index (χ2n) is 7.22. The highest BCUT2D eigenvalue weighted by Crippen LogP contribution is 2.14. The maximum atomic E-state index is 12.3. The molecular weight excluding hydrogens is 344 g/mol. The average molecular weight is 377 g/mol. The minimum absolute atomic E-state index is 0.0120. The summed E-state index contributed by atoms with van der Waals surface area (Å²) >= 11 is 0. The van der Waals surface area contributed by atoms with E-state index in [0.29, 0.717) is 19.7 Å². The van der Waals surface area contributed by atoms with Crippen molar-refractivity contribution in [3.63, 3.8) is 0 Å². The Labute approximate surface area is 161 Å². The van der Waals surface area contributed by atoms with E-state index < -0.39 is 6.04 Å². The van der Waals surface area contributed by atoms with Crippen molar-refractivity contribution in [2.45, 2.75) is 33.4 Å². The van der Waals surface area contributed by atoms with Gasteiger partial charge in [0.05, 0.1) is 19.2 Å². The van der Waals surface area contributed by atoms with E-state index in [-0.39, 0.29) is 24.3 Å². The van der Waals surface area contributed by atoms with Gasteiger partial charge in [0.15, 0.2) is 0 Å². The van der Waals surface area contributed by atoms with E-state index in [2.05, 4.69) is 22.3 Å². The summed E-state index contributed by atoms with van der Waals surface area (Å²) in [5, 5.41) is 2.65. The molecule has 2 amide bonds. The average Bonchev–Trinajstić information content (AvgIpc) is 2.67. The third-order valence-electron chi connectivity index (χ3n) is 4.80. The maximum absolute atomic E-state index is 12.3. The van der Waals surface area contributed by atoms with Crippen LogP contribution in [0.3, 0.4) is 0 Å². The van der Waals surface area contributed by atoms with Gasteiger partial charge in [0.1, 0.15) is 5.75 Å². The van der Waals surface area contributed by atoms with Gasteiger partial charge in [-0.25, -0.2) is 0 Å². The molecule has 1 aliphatic rings. The number of nitrogens with two attached hydrogens (primary N) is 1. The Bertz CT molecular complexity index is 610. The van der Waals surface area contributed by atoms with Gasteiger partial charge < -0.3 is 20.7 Å². The van der Waals surface area contributed by atoms with E-state index in [4.69, 9.17) is 10.5 Å². The molecule has 150 valence electrons. The number of hydrogen-bond acceptors (Lipinski definition) is 5. The summed E-state index contributed by atoms with van der Waals surface area (Å²) < 4.78 is 5.46. The molecule has 27 heavy (non-hydrogen) atoms. The van der Waals surface area contributed by atoms with Gasteiger partial charge in [0.25, 0.3) is 0 Å². The molecule has 0 radical (unpaired) electrons. The van der Waals surface area contributed by atoms with Gasteiger partial charge in [-0.2, -0.15) is 0 Å². The summed E-state index contributed by atoms with van der Waals surface area (Å²) in [6, 6.07) is 7.56. The Morgan fingerprint density at radius 2 is 1.78 bits per heavy atom. The highest BCUT2D eigenvalue weighted by molar-refractivity contribution is 5.87. The van der Waals surface area contributed by atoms with E-state index in [1.807, 2.05) is 32.9 Å². The van der Waals surface area contributed by atoms with Crippen LogP contribution >= 0.6 is 0 Å². The first-order valence-electron chi connectivity index (χ1n) is 9.65. The molecule has 1 aromatic rings. The highest BCUT2D eigenvalue weighted by Gasteiger charge is 2.23. The van der Waals surface area contributed by atoms with E-state index in [1.54, 1.807) is 4.90 Å². The second kappa shape index (κ2) is 10.3. The van der Waals surface area contributed by atoms with Crippen LogP contribution in [0, 0.1) is 5.92 Å². The molecule has 1 heterocycles. The summed E-state index contributed by atoms with van der Waals surface area (Å²) in [7, 11) is 0. The van der Waals surface area contributed by atoms with E-state index in [1.165, 1.54) is 5.56 Å². The van der Waals surface area contributed by atoms with Gasteiger partial charge in [-0.3, -0.25) is 14.5 Å². The molecular formula is C20H32N4O3. The zero-order chi connectivity index (χ0) is 19.8. The van der Waals surface area contributed by atoms with Crippen molar-refractivity contribution in [2.75, 3.05) is 39.3 Å². The van der Waals surface area contributed by atoms with Gasteiger partial charge in [-0.05, 0) is 30.5 Å². The molecule has 0 unspecified atom stereocenters. The molecule has 1 atom stereocenters. The fraction of sp³-hybridized carbons (Fsp3) is 0.600. The molecule has 0 spiro atoms. The Morgan fingerprint density at radius 3 is 2.33 bits per heavy atom. The minimum atomic E-state index is -0.580. The lowest BCUT2D eigenvalue weighted by Crippen LogP contribution is -2.52. The molecule has 0 bridgehead atoms. The van der Waals surface area contributed by atoms with E-state index in [0.717, 1.165) is 25.4 Å². The molecule has 3 N–H and O–H groups in total. The second-order valence-corrected chi connectivity index (χ2v) is 7.22. The molecule has 0 saturated carbocycles. The largest absolute Gasteiger partial charge is 0.494 e. The van der Waals surface area contributed by atoms with E-state index >= 15 is 0 Å². The van der Waals surface area contributed by atoms with Crippen LogP contribution in [0.4, 0.5) is 0 Å². The van der Waals surface area contributed by atoms with Crippen molar-refractivity contribution in [1.82, 2.24) is 15.1 Å². The van der Waals surface area contributed by atoms with Crippen LogP contribution in [0.25, 0.3) is 0 Å². The fourth-order valence-electron chi connectivity index (χ4n) is 2.97. The summed E-state index contributed by atoms with van der Waals surface area (Å²) in [5.41, 5.74) is 7.02. The molecule has 7 nitrogen and oxygen atoms in total. The number of ether oxygens (including phenoxy) is 1. The normalized spacial score (nSPS) is 16.3. The van der Waals surface area contributed by atoms with Crippen LogP contribution in [-0.4, -0.2) is 67.0 Å². The standard InChI is InChI=1S/C20H32N4O3/c1-4-27-17-7-5-16(6-8-17)14-23-9-11-24(12-10-23)18(25)13-22-20(26)19(21)15(2)3/h5-8,15,19H,4,9-14,21H2,1-3H3,(H,22,26)/t19-/m0/s1. The lowest BCUT2D eigenvalue weighted by molar-refractivity contribution is -0.134. The number of nitrogens with zero attached hydrogens (tertiary/aromatic N) is 2. The number of carbonyl (C=O) groups excluding carboxylic acids is 2. The predicted molar refractivity (Wildman–Crippen MR) is 105 cm³/mol. The Kier molecular flexibility index (Phi) is 8.06. The van der Waals surface area contributed by atoms with Crippen LogP contribution < -0.4 is 15.8 Å². The van der Waals surface area contributed by atoms with E-state index in [9.17, 15) is 9.59 Å². The topological polar surface area (TPSA) is 87.9 Å². The van der Waals surface area contributed by atoms with Crippen LogP contribution in [0.2, 0.25) is 0 Å². The number of rotatable bonds is 8. The first kappa shape index (κ1) is 21.2. The number of hydrogen-bond donors (Lipinski definition) is 2. The molecule has 7 heteroatoms. The fourth-order valence-corrected chi connectivity index (χ4v) is 2.97. The van der Waals surface area contributed by atoms with Gasteiger partial charge in [-0.15, -0.1) is 0 Å². The summed E-state index contributed by atoms with van der Waals surface area (Å²) in [4.78, 5) is 28.3. The van der Waals surface area contributed by atoms with Crippen LogP contribution in [0.15, 0.2) is 24.3 Å². The summed E-state index contributed by atoms with van der Waals surface area (Å²) in [6.45, 7) is 10.2. The van der Waals surface area contributed by atoms with Gasteiger partial charge in [-0.1, -0.05) is 26.0 Å². The van der Waals surface area contributed by atoms with Crippen LogP contribution in [0.5, 0.6) is 5.75 Å². The zero-order valence-electron chi connectivity index (χ0n) is 16.6. The number of piperazine rings is 1. The predicted octanol–water partition coefficient (Wildman–Crippen LogP) is 0.829. The number of nitrogens with one attached hydrogen (secondary N) is 1. The molecule has 1 aromatic carbocycles. The Balaban J connectivity index is 1.72. The molecule has 1 aliphatic heterocycles. The Morgan fingerprint density at radius 1 is 1.15 bits per heavy atom. The quantitative estimate of drug-likeness (QED) is 0.702. The van der Waals surface area contributed by atoms with Crippen molar-refractivity contribution in [3.8, 4) is 5.75 Å². The lowest BCUT2D eigenvalue weighted by atomic mass is 10.1. The molecule has 1 fully saturated rings. The molecule has 1 saturated heterocycles. The summed E-state index contributed by atoms with van der Waals surface area (Å²) in [5.74, 6) is 0.606. The Hall–Kier alpha value is -2.12. The third kappa shape index (κ3) is 6.52. The van der Waals surface area contributed by atoms with Crippen molar-refractivity contribution < 1.29 is 14.3 Å². The number of carbonyl (C=O) groups is 2. The molecule has 0 aromatic heterocycles. The SMILES string of the molecule is CCOc1ccc(CN2CCN(C(=O)CNC(=O)[C@@H](N)C(C)C)CC2)cc1. The van der Waals surface area contributed by atoms with Crippen molar-refractivity contribution >= 4 is 11.8 Å². The lowest BCUT2D eigenvalue weighted by Gasteiger charge is -2.35. The highest BCUT2D eigenvalue weighted by atomic mass is 16.5. The third-order valence-corrected chi connectivity index (χ3v) is 4.80. The first-order chi connectivity index (χ1) is 12.9. The van der Waals surface area contributed by atoms with Crippen molar-refractivity contribution in [1.29, 1.82) is 0 Å². The van der Waals surface area contributed by atoms with Crippen molar-refractivity contribution in [3.05, 3.63) is 29.8 Å². The van der Waals surface area contributed by atoms with Gasteiger partial charge in [0.2, 0.25) is 11.8 Å².